The number of fused-ring (bicyclic) bond motifs is 1. The van der Waals surface area contributed by atoms with E-state index in [1.54, 1.807) is 0 Å². The van der Waals surface area contributed by atoms with Gasteiger partial charge in [-0.2, -0.15) is 0 Å². The Morgan fingerprint density at radius 3 is 3.10 bits per heavy atom. The SMILES string of the molecule is NC1CNC(C(O)NC2CCOc3ccc(Cl)cc32)C1. The molecule has 110 valence electrons. The van der Waals surface area contributed by atoms with Crippen molar-refractivity contribution in [1.29, 1.82) is 0 Å². The van der Waals surface area contributed by atoms with Gasteiger partial charge in [0.15, 0.2) is 0 Å². The van der Waals surface area contributed by atoms with Crippen molar-refractivity contribution < 1.29 is 9.84 Å². The second-order valence-electron chi connectivity index (χ2n) is 5.49. The first kappa shape index (κ1) is 14.1. The summed E-state index contributed by atoms with van der Waals surface area (Å²) in [6.45, 7) is 1.39. The molecule has 0 aromatic heterocycles. The Balaban J connectivity index is 1.71. The third-order valence-corrected chi connectivity index (χ3v) is 4.20. The van der Waals surface area contributed by atoms with Crippen LogP contribution < -0.4 is 21.1 Å². The van der Waals surface area contributed by atoms with Crippen molar-refractivity contribution in [3.05, 3.63) is 28.8 Å². The van der Waals surface area contributed by atoms with Crippen LogP contribution in [0.25, 0.3) is 0 Å². The van der Waals surface area contributed by atoms with Gasteiger partial charge in [0.2, 0.25) is 0 Å². The summed E-state index contributed by atoms with van der Waals surface area (Å²) < 4.78 is 5.62. The molecule has 2 heterocycles. The number of halogens is 1. The van der Waals surface area contributed by atoms with E-state index >= 15 is 0 Å². The quantitative estimate of drug-likeness (QED) is 0.620. The zero-order valence-electron chi connectivity index (χ0n) is 11.2. The summed E-state index contributed by atoms with van der Waals surface area (Å²) in [4.78, 5) is 0. The van der Waals surface area contributed by atoms with E-state index in [-0.39, 0.29) is 18.1 Å². The summed E-state index contributed by atoms with van der Waals surface area (Å²) in [5, 5.41) is 17.5. The highest BCUT2D eigenvalue weighted by Gasteiger charge is 2.30. The molecule has 3 rings (SSSR count). The molecule has 1 aromatic rings. The van der Waals surface area contributed by atoms with Gasteiger partial charge in [-0.25, -0.2) is 0 Å². The first-order valence-electron chi connectivity index (χ1n) is 6.99. The van der Waals surface area contributed by atoms with Crippen LogP contribution in [0.4, 0.5) is 0 Å². The largest absolute Gasteiger partial charge is 0.493 e. The first-order valence-corrected chi connectivity index (χ1v) is 7.36. The number of nitrogens with two attached hydrogens (primary N) is 1. The van der Waals surface area contributed by atoms with Crippen LogP contribution in [0.1, 0.15) is 24.4 Å². The van der Waals surface area contributed by atoms with Gasteiger partial charge in [0.05, 0.1) is 6.61 Å². The molecule has 2 aliphatic rings. The molecule has 0 radical (unpaired) electrons. The molecule has 20 heavy (non-hydrogen) atoms. The first-order chi connectivity index (χ1) is 9.63. The second kappa shape index (κ2) is 5.87. The van der Waals surface area contributed by atoms with Crippen molar-refractivity contribution >= 4 is 11.6 Å². The summed E-state index contributed by atoms with van der Waals surface area (Å²) in [5.74, 6) is 0.835. The fourth-order valence-corrected chi connectivity index (χ4v) is 3.08. The molecule has 0 saturated carbocycles. The van der Waals surface area contributed by atoms with Crippen LogP contribution in [-0.4, -0.2) is 36.6 Å². The highest BCUT2D eigenvalue weighted by Crippen LogP contribution is 2.34. The standard InChI is InChI=1S/C14H20ClN3O2/c15-8-1-2-13-10(5-8)11(3-4-20-13)18-14(19)12-6-9(16)7-17-12/h1-2,5,9,11-12,14,17-19H,3-4,6-7,16H2. The van der Waals surface area contributed by atoms with Crippen LogP contribution in [-0.2, 0) is 0 Å². The van der Waals surface area contributed by atoms with E-state index in [1.165, 1.54) is 0 Å². The maximum atomic E-state index is 10.3. The van der Waals surface area contributed by atoms with Gasteiger partial charge in [0, 0.05) is 41.7 Å². The van der Waals surface area contributed by atoms with Crippen LogP contribution in [0.2, 0.25) is 5.02 Å². The van der Waals surface area contributed by atoms with Crippen LogP contribution in [0, 0.1) is 0 Å². The molecule has 4 atom stereocenters. The van der Waals surface area contributed by atoms with E-state index < -0.39 is 6.23 Å². The summed E-state index contributed by atoms with van der Waals surface area (Å²) >= 11 is 6.05. The highest BCUT2D eigenvalue weighted by atomic mass is 35.5. The number of hydrogen-bond donors (Lipinski definition) is 4. The summed E-state index contributed by atoms with van der Waals surface area (Å²) in [6, 6.07) is 5.75. The number of rotatable bonds is 3. The van der Waals surface area contributed by atoms with Crippen LogP contribution in [0.15, 0.2) is 18.2 Å². The Labute approximate surface area is 123 Å². The number of nitrogens with one attached hydrogen (secondary N) is 2. The van der Waals surface area contributed by atoms with Gasteiger partial charge in [-0.1, -0.05) is 11.6 Å². The van der Waals surface area contributed by atoms with Crippen LogP contribution >= 0.6 is 11.6 Å². The van der Waals surface area contributed by atoms with Crippen molar-refractivity contribution in [2.75, 3.05) is 13.2 Å². The summed E-state index contributed by atoms with van der Waals surface area (Å²) in [7, 11) is 0. The van der Waals surface area contributed by atoms with Gasteiger partial charge in [0.1, 0.15) is 12.0 Å². The Morgan fingerprint density at radius 2 is 2.35 bits per heavy atom. The number of ether oxygens (including phenoxy) is 1. The van der Waals surface area contributed by atoms with Gasteiger partial charge < -0.3 is 20.9 Å². The Hall–Kier alpha value is -0.850. The minimum absolute atomic E-state index is 0.00419. The van der Waals surface area contributed by atoms with Crippen molar-refractivity contribution in [1.82, 2.24) is 10.6 Å². The third kappa shape index (κ3) is 2.92. The maximum absolute atomic E-state index is 10.3. The minimum atomic E-state index is -0.626. The van der Waals surface area contributed by atoms with Gasteiger partial charge in [-0.15, -0.1) is 0 Å². The molecular weight excluding hydrogens is 278 g/mol. The minimum Gasteiger partial charge on any atom is -0.493 e. The highest BCUT2D eigenvalue weighted by molar-refractivity contribution is 6.30. The fraction of sp³-hybridized carbons (Fsp3) is 0.571. The predicted octanol–water partition coefficient (Wildman–Crippen LogP) is 0.761. The van der Waals surface area contributed by atoms with E-state index in [1.807, 2.05) is 18.2 Å². The monoisotopic (exact) mass is 297 g/mol. The van der Waals surface area contributed by atoms with Crippen molar-refractivity contribution in [3.8, 4) is 5.75 Å². The zero-order valence-corrected chi connectivity index (χ0v) is 11.9. The molecule has 0 spiro atoms. The summed E-state index contributed by atoms with van der Waals surface area (Å²) in [6.07, 6.45) is 0.960. The molecule has 5 nitrogen and oxygen atoms in total. The lowest BCUT2D eigenvalue weighted by Gasteiger charge is -2.31. The Kier molecular flexibility index (Phi) is 4.14. The number of benzene rings is 1. The molecule has 5 N–H and O–H groups in total. The molecule has 0 bridgehead atoms. The van der Waals surface area contributed by atoms with Gasteiger partial charge >= 0.3 is 0 Å². The Morgan fingerprint density at radius 1 is 1.50 bits per heavy atom. The molecule has 2 aliphatic heterocycles. The van der Waals surface area contributed by atoms with Crippen molar-refractivity contribution in [3.63, 3.8) is 0 Å². The van der Waals surface area contributed by atoms with Crippen molar-refractivity contribution in [2.24, 2.45) is 5.73 Å². The molecule has 6 heteroatoms. The van der Waals surface area contributed by atoms with E-state index in [9.17, 15) is 5.11 Å². The normalized spacial score (nSPS) is 30.6. The lowest BCUT2D eigenvalue weighted by molar-refractivity contribution is 0.0789. The number of aliphatic hydroxyl groups excluding tert-OH is 1. The van der Waals surface area contributed by atoms with Gasteiger partial charge in [-0.05, 0) is 24.6 Å². The molecule has 1 fully saturated rings. The number of hydrogen-bond acceptors (Lipinski definition) is 5. The van der Waals surface area contributed by atoms with E-state index in [0.29, 0.717) is 11.6 Å². The average Bonchev–Trinajstić information content (AvgIpc) is 2.86. The number of aliphatic hydroxyl groups is 1. The smallest absolute Gasteiger partial charge is 0.124 e. The summed E-state index contributed by atoms with van der Waals surface area (Å²) in [5.41, 5.74) is 6.86. The van der Waals surface area contributed by atoms with E-state index in [2.05, 4.69) is 10.6 Å². The van der Waals surface area contributed by atoms with Gasteiger partial charge in [-0.3, -0.25) is 5.32 Å². The van der Waals surface area contributed by atoms with Crippen LogP contribution in [0.3, 0.4) is 0 Å². The molecule has 0 amide bonds. The molecule has 1 aromatic carbocycles. The second-order valence-corrected chi connectivity index (χ2v) is 5.93. The molecule has 4 unspecified atom stereocenters. The predicted molar refractivity (Wildman–Crippen MR) is 77.8 cm³/mol. The third-order valence-electron chi connectivity index (χ3n) is 3.96. The molecular formula is C14H20ClN3O2. The van der Waals surface area contributed by atoms with Gasteiger partial charge in [0.25, 0.3) is 0 Å². The molecule has 0 aliphatic carbocycles. The van der Waals surface area contributed by atoms with Crippen LogP contribution in [0.5, 0.6) is 5.75 Å². The maximum Gasteiger partial charge on any atom is 0.124 e. The topological polar surface area (TPSA) is 79.5 Å². The average molecular weight is 298 g/mol. The zero-order chi connectivity index (χ0) is 14.1. The molecule has 1 saturated heterocycles. The lowest BCUT2D eigenvalue weighted by Crippen LogP contribution is -2.47. The fourth-order valence-electron chi connectivity index (χ4n) is 2.90. The lowest BCUT2D eigenvalue weighted by atomic mass is 9.99. The van der Waals surface area contributed by atoms with E-state index in [4.69, 9.17) is 22.1 Å². The Bertz CT molecular complexity index is 485. The van der Waals surface area contributed by atoms with E-state index in [0.717, 1.165) is 30.7 Å². The van der Waals surface area contributed by atoms with Crippen molar-refractivity contribution in [2.45, 2.75) is 37.2 Å².